The maximum absolute atomic E-state index is 10.6. The molecule has 0 saturated carbocycles. The van der Waals surface area contributed by atoms with E-state index in [2.05, 4.69) is 30.1 Å². The second-order valence-electron chi connectivity index (χ2n) is 6.24. The van der Waals surface area contributed by atoms with E-state index in [9.17, 15) is 4.79 Å². The summed E-state index contributed by atoms with van der Waals surface area (Å²) >= 11 is 1.49. The molecule has 1 atom stereocenters. The topological polar surface area (TPSA) is 104 Å². The average molecular weight is 392 g/mol. The van der Waals surface area contributed by atoms with Crippen LogP contribution < -0.4 is 10.2 Å². The van der Waals surface area contributed by atoms with Crippen molar-refractivity contribution in [1.82, 2.24) is 19.9 Å². The van der Waals surface area contributed by atoms with Gasteiger partial charge in [-0.2, -0.15) is 0 Å². The van der Waals surface area contributed by atoms with Crippen molar-refractivity contribution in [2.75, 3.05) is 56.2 Å². The lowest BCUT2D eigenvalue weighted by molar-refractivity contribution is -0.129. The lowest BCUT2D eigenvalue weighted by Gasteiger charge is -2.35. The molecule has 2 N–H and O–H groups in total. The van der Waals surface area contributed by atoms with E-state index in [-0.39, 0.29) is 19.3 Å². The fourth-order valence-corrected chi connectivity index (χ4v) is 3.69. The molecule has 146 valence electrons. The molecule has 1 saturated heterocycles. The van der Waals surface area contributed by atoms with Gasteiger partial charge in [-0.15, -0.1) is 11.3 Å². The Morgan fingerprint density at radius 3 is 2.85 bits per heavy atom. The molecule has 0 amide bonds. The molecule has 2 aromatic heterocycles. The molecule has 2 aromatic rings. The Bertz CT molecular complexity index is 721. The number of piperazine rings is 1. The summed E-state index contributed by atoms with van der Waals surface area (Å²) in [6.07, 6.45) is 1.76. The van der Waals surface area contributed by atoms with Crippen molar-refractivity contribution in [3.63, 3.8) is 0 Å². The summed E-state index contributed by atoms with van der Waals surface area (Å²) in [4.78, 5) is 29.2. The highest BCUT2D eigenvalue weighted by atomic mass is 32.1. The molecule has 0 radical (unpaired) electrons. The Kier molecular flexibility index (Phi) is 6.91. The largest absolute Gasteiger partial charge is 0.465 e. The first-order valence-electron chi connectivity index (χ1n) is 8.83. The Balaban J connectivity index is 1.71. The molecule has 1 aliphatic rings. The van der Waals surface area contributed by atoms with E-state index in [0.29, 0.717) is 24.7 Å². The van der Waals surface area contributed by atoms with E-state index in [1.165, 1.54) is 11.3 Å². The minimum absolute atomic E-state index is 0.183. The maximum Gasteiger partial charge on any atom is 0.293 e. The smallest absolute Gasteiger partial charge is 0.293 e. The predicted molar refractivity (Wildman–Crippen MR) is 103 cm³/mol. The van der Waals surface area contributed by atoms with Gasteiger partial charge in [0.05, 0.1) is 23.0 Å². The van der Waals surface area contributed by atoms with Crippen LogP contribution in [0.15, 0.2) is 17.8 Å². The first-order valence-corrected chi connectivity index (χ1v) is 9.71. The molecule has 3 rings (SSSR count). The fraction of sp³-hybridized carbons (Fsp3) is 0.529. The van der Waals surface area contributed by atoms with Crippen LogP contribution in [0, 0.1) is 6.92 Å². The van der Waals surface area contributed by atoms with Crippen LogP contribution in [-0.4, -0.2) is 77.4 Å². The zero-order valence-corrected chi connectivity index (χ0v) is 16.1. The fourth-order valence-electron chi connectivity index (χ4n) is 3.04. The summed E-state index contributed by atoms with van der Waals surface area (Å²) in [5, 5.41) is 12.4. The number of hydrogen-bond acceptors (Lipinski definition) is 10. The monoisotopic (exact) mass is 392 g/mol. The molecule has 1 unspecified atom stereocenters. The molecule has 0 spiro atoms. The number of carbonyl (C=O) groups excluding carboxylic acids is 1. The highest BCUT2D eigenvalue weighted by Gasteiger charge is 2.20. The molecule has 10 heteroatoms. The first-order chi connectivity index (χ1) is 13.2. The molecule has 3 heterocycles. The third-order valence-corrected chi connectivity index (χ3v) is 5.27. The molecule has 1 aliphatic heterocycles. The minimum Gasteiger partial charge on any atom is -0.465 e. The van der Waals surface area contributed by atoms with Gasteiger partial charge < -0.3 is 20.1 Å². The average Bonchev–Trinajstić information content (AvgIpc) is 3.20. The number of rotatable bonds is 9. The van der Waals surface area contributed by atoms with Gasteiger partial charge in [-0.25, -0.2) is 9.97 Å². The summed E-state index contributed by atoms with van der Waals surface area (Å²) in [6.45, 7) is 6.87. The summed E-state index contributed by atoms with van der Waals surface area (Å²) in [5.41, 5.74) is 1.74. The molecule has 9 nitrogen and oxygen atoms in total. The van der Waals surface area contributed by atoms with E-state index < -0.39 is 0 Å². The Hall–Kier alpha value is -2.30. The number of aliphatic hydroxyl groups excluding tert-OH is 1. The van der Waals surface area contributed by atoms with E-state index in [0.717, 1.165) is 36.9 Å². The molecular weight excluding hydrogens is 368 g/mol. The summed E-state index contributed by atoms with van der Waals surface area (Å²) in [6, 6.07) is 1.70. The molecular formula is C17H24N6O3S. The van der Waals surface area contributed by atoms with E-state index in [1.807, 2.05) is 13.0 Å². The zero-order valence-electron chi connectivity index (χ0n) is 15.2. The van der Waals surface area contributed by atoms with Crippen molar-refractivity contribution < 1.29 is 14.6 Å². The van der Waals surface area contributed by atoms with Crippen LogP contribution in [0.5, 0.6) is 0 Å². The third kappa shape index (κ3) is 5.34. The second-order valence-corrected chi connectivity index (χ2v) is 7.16. The van der Waals surface area contributed by atoms with Crippen LogP contribution in [0.3, 0.4) is 0 Å². The quantitative estimate of drug-likeness (QED) is 0.596. The van der Waals surface area contributed by atoms with Gasteiger partial charge in [-0.1, -0.05) is 0 Å². The van der Waals surface area contributed by atoms with Gasteiger partial charge >= 0.3 is 0 Å². The number of carbonyl (C=O) groups is 1. The highest BCUT2D eigenvalue weighted by Crippen LogP contribution is 2.24. The standard InChI is InChI=1S/C17H24N6O3S/c1-13-19-16(21-14(10-26-12-25)15-9-18-11-27-15)8-17(20-13)23-4-2-22(3-5-23)6-7-24/h8-9,11-12,14,24H,2-7,10H2,1H3,(H,19,20,21). The van der Waals surface area contributed by atoms with Crippen molar-refractivity contribution in [2.45, 2.75) is 13.0 Å². The van der Waals surface area contributed by atoms with Crippen LogP contribution in [-0.2, 0) is 9.53 Å². The zero-order chi connectivity index (χ0) is 19.1. The summed E-state index contributed by atoms with van der Waals surface area (Å²) < 4.78 is 4.96. The number of anilines is 2. The van der Waals surface area contributed by atoms with Gasteiger partial charge in [0.1, 0.15) is 24.1 Å². The number of hydrogen-bond donors (Lipinski definition) is 2. The number of aryl methyl sites for hydroxylation is 1. The molecule has 1 fully saturated rings. The van der Waals surface area contributed by atoms with E-state index in [4.69, 9.17) is 9.84 Å². The van der Waals surface area contributed by atoms with Gasteiger partial charge in [-0.05, 0) is 6.92 Å². The first kappa shape index (κ1) is 19.5. The lowest BCUT2D eigenvalue weighted by atomic mass is 10.2. The molecule has 0 bridgehead atoms. The van der Waals surface area contributed by atoms with Crippen molar-refractivity contribution in [2.24, 2.45) is 0 Å². The summed E-state index contributed by atoms with van der Waals surface area (Å²) in [7, 11) is 0. The summed E-state index contributed by atoms with van der Waals surface area (Å²) in [5.74, 6) is 2.23. The molecule has 0 aromatic carbocycles. The molecule has 27 heavy (non-hydrogen) atoms. The normalized spacial score (nSPS) is 16.1. The van der Waals surface area contributed by atoms with E-state index in [1.54, 1.807) is 11.7 Å². The number of aromatic nitrogens is 3. The van der Waals surface area contributed by atoms with Crippen LogP contribution in [0.2, 0.25) is 0 Å². The second kappa shape index (κ2) is 9.58. The van der Waals surface area contributed by atoms with Crippen molar-refractivity contribution in [3.05, 3.63) is 28.5 Å². The lowest BCUT2D eigenvalue weighted by Crippen LogP contribution is -2.47. The van der Waals surface area contributed by atoms with Crippen molar-refractivity contribution >= 4 is 29.4 Å². The number of aliphatic hydroxyl groups is 1. The number of thiazole rings is 1. The Labute approximate surface area is 162 Å². The number of β-amino-alcohol motifs (C(OH)–C–C–N with tert-alkyl or cyclic N) is 1. The van der Waals surface area contributed by atoms with Gasteiger partial charge in [0.15, 0.2) is 0 Å². The van der Waals surface area contributed by atoms with Gasteiger partial charge in [0.25, 0.3) is 6.47 Å². The van der Waals surface area contributed by atoms with Gasteiger partial charge in [0.2, 0.25) is 0 Å². The van der Waals surface area contributed by atoms with Crippen molar-refractivity contribution in [3.8, 4) is 0 Å². The van der Waals surface area contributed by atoms with Gasteiger partial charge in [-0.3, -0.25) is 14.7 Å². The number of nitrogens with zero attached hydrogens (tertiary/aromatic N) is 5. The van der Waals surface area contributed by atoms with Crippen LogP contribution in [0.4, 0.5) is 11.6 Å². The Morgan fingerprint density at radius 2 is 2.19 bits per heavy atom. The number of nitrogens with one attached hydrogen (secondary N) is 1. The maximum atomic E-state index is 10.6. The van der Waals surface area contributed by atoms with Crippen LogP contribution in [0.25, 0.3) is 0 Å². The molecule has 0 aliphatic carbocycles. The third-order valence-electron chi connectivity index (χ3n) is 4.38. The number of ether oxygens (including phenoxy) is 1. The van der Waals surface area contributed by atoms with Crippen molar-refractivity contribution in [1.29, 1.82) is 0 Å². The SMILES string of the molecule is Cc1nc(NC(COC=O)c2cncs2)cc(N2CCN(CCO)CC2)n1. The minimum atomic E-state index is -0.216. The highest BCUT2D eigenvalue weighted by molar-refractivity contribution is 7.09. The van der Waals surface area contributed by atoms with Gasteiger partial charge in [0, 0.05) is 45.0 Å². The Morgan fingerprint density at radius 1 is 1.37 bits per heavy atom. The van der Waals surface area contributed by atoms with Crippen LogP contribution >= 0.6 is 11.3 Å². The van der Waals surface area contributed by atoms with Crippen LogP contribution in [0.1, 0.15) is 16.7 Å². The predicted octanol–water partition coefficient (Wildman–Crippen LogP) is 0.682. The van der Waals surface area contributed by atoms with E-state index >= 15 is 0 Å².